The first kappa shape index (κ1) is 8.13. The molecule has 0 amide bonds. The van der Waals surface area contributed by atoms with Gasteiger partial charge in [0.2, 0.25) is 0 Å². The minimum Gasteiger partial charge on any atom is -0.376 e. The summed E-state index contributed by atoms with van der Waals surface area (Å²) in [5.74, 6) is 0.153. The van der Waals surface area contributed by atoms with E-state index in [1.165, 1.54) is 0 Å². The van der Waals surface area contributed by atoms with Crippen LogP contribution in [-0.4, -0.2) is 40.4 Å². The van der Waals surface area contributed by atoms with Crippen LogP contribution < -0.4 is 0 Å². The monoisotopic (exact) mass is 166 g/mol. The first-order valence-electron chi connectivity index (χ1n) is 3.06. The van der Waals surface area contributed by atoms with E-state index in [0.717, 1.165) is 0 Å². The molecule has 4 nitrogen and oxygen atoms in total. The SMILES string of the molecule is O=S(O)CC1COCCO1. The fourth-order valence-corrected chi connectivity index (χ4v) is 1.30. The van der Waals surface area contributed by atoms with E-state index in [2.05, 4.69) is 0 Å². The molecule has 1 fully saturated rings. The van der Waals surface area contributed by atoms with Crippen LogP contribution in [0.5, 0.6) is 0 Å². The molecule has 0 spiro atoms. The van der Waals surface area contributed by atoms with Crippen molar-refractivity contribution in [1.82, 2.24) is 0 Å². The van der Waals surface area contributed by atoms with E-state index in [4.69, 9.17) is 14.0 Å². The van der Waals surface area contributed by atoms with Crippen molar-refractivity contribution in [1.29, 1.82) is 0 Å². The van der Waals surface area contributed by atoms with Gasteiger partial charge in [0, 0.05) is 0 Å². The van der Waals surface area contributed by atoms with Crippen LogP contribution in [0.15, 0.2) is 0 Å². The summed E-state index contributed by atoms with van der Waals surface area (Å²) < 4.78 is 28.8. The summed E-state index contributed by atoms with van der Waals surface area (Å²) in [4.78, 5) is 0. The molecule has 1 aliphatic heterocycles. The highest BCUT2D eigenvalue weighted by Crippen LogP contribution is 2.00. The van der Waals surface area contributed by atoms with E-state index < -0.39 is 11.1 Å². The largest absolute Gasteiger partial charge is 0.376 e. The van der Waals surface area contributed by atoms with Crippen LogP contribution >= 0.6 is 0 Å². The highest BCUT2D eigenvalue weighted by molar-refractivity contribution is 7.79. The highest BCUT2D eigenvalue weighted by Gasteiger charge is 2.15. The lowest BCUT2D eigenvalue weighted by Gasteiger charge is -2.21. The zero-order valence-corrected chi connectivity index (χ0v) is 6.30. The smallest absolute Gasteiger partial charge is 0.155 e. The molecule has 0 aromatic carbocycles. The lowest BCUT2D eigenvalue weighted by atomic mass is 10.4. The molecule has 0 aromatic heterocycles. The fraction of sp³-hybridized carbons (Fsp3) is 1.00. The molecule has 0 bridgehead atoms. The lowest BCUT2D eigenvalue weighted by Crippen LogP contribution is -2.32. The van der Waals surface area contributed by atoms with Gasteiger partial charge in [0.1, 0.15) is 0 Å². The van der Waals surface area contributed by atoms with Crippen LogP contribution in [0.25, 0.3) is 0 Å². The second-order valence-corrected chi connectivity index (χ2v) is 3.03. The molecule has 0 saturated carbocycles. The second-order valence-electron chi connectivity index (χ2n) is 2.06. The molecule has 60 valence electrons. The van der Waals surface area contributed by atoms with E-state index in [1.807, 2.05) is 0 Å². The van der Waals surface area contributed by atoms with Crippen molar-refractivity contribution in [3.05, 3.63) is 0 Å². The van der Waals surface area contributed by atoms with E-state index in [-0.39, 0.29) is 11.9 Å². The van der Waals surface area contributed by atoms with E-state index in [1.54, 1.807) is 0 Å². The van der Waals surface area contributed by atoms with Crippen LogP contribution in [0.1, 0.15) is 0 Å². The summed E-state index contributed by atoms with van der Waals surface area (Å²) in [6, 6.07) is 0. The normalized spacial score (nSPS) is 29.9. The molecule has 1 N–H and O–H groups in total. The molecule has 2 atom stereocenters. The summed E-state index contributed by atoms with van der Waals surface area (Å²) in [5.41, 5.74) is 0. The average molecular weight is 166 g/mol. The van der Waals surface area contributed by atoms with Gasteiger partial charge in [-0.25, -0.2) is 4.21 Å². The zero-order chi connectivity index (χ0) is 7.40. The molecule has 0 aromatic rings. The van der Waals surface area contributed by atoms with Crippen LogP contribution in [0.2, 0.25) is 0 Å². The maximum absolute atomic E-state index is 10.2. The van der Waals surface area contributed by atoms with Crippen LogP contribution in [0, 0.1) is 0 Å². The Kier molecular flexibility index (Phi) is 3.27. The Morgan fingerprint density at radius 2 is 2.40 bits per heavy atom. The van der Waals surface area contributed by atoms with Gasteiger partial charge in [0.15, 0.2) is 11.1 Å². The summed E-state index contributed by atoms with van der Waals surface area (Å²) >= 11 is -1.77. The quantitative estimate of drug-likeness (QED) is 0.568. The molecule has 0 aliphatic carbocycles. The first-order valence-corrected chi connectivity index (χ1v) is 4.33. The van der Waals surface area contributed by atoms with Gasteiger partial charge in [-0.3, -0.25) is 0 Å². The van der Waals surface area contributed by atoms with Crippen molar-refractivity contribution in [3.8, 4) is 0 Å². The number of hydrogen-bond donors (Lipinski definition) is 1. The Labute approximate surface area is 61.8 Å². The van der Waals surface area contributed by atoms with Gasteiger partial charge in [0.25, 0.3) is 0 Å². The topological polar surface area (TPSA) is 55.8 Å². The van der Waals surface area contributed by atoms with Gasteiger partial charge in [-0.15, -0.1) is 0 Å². The average Bonchev–Trinajstić information content (AvgIpc) is 1.88. The molecule has 2 unspecified atom stereocenters. The van der Waals surface area contributed by atoms with Crippen molar-refractivity contribution in [2.75, 3.05) is 25.6 Å². The molecule has 1 heterocycles. The Bertz CT molecular complexity index is 121. The third kappa shape index (κ3) is 2.74. The van der Waals surface area contributed by atoms with Gasteiger partial charge in [-0.2, -0.15) is 0 Å². The van der Waals surface area contributed by atoms with Gasteiger partial charge in [0.05, 0.1) is 31.7 Å². The zero-order valence-electron chi connectivity index (χ0n) is 5.49. The molecule has 1 saturated heterocycles. The Morgan fingerprint density at radius 1 is 1.60 bits per heavy atom. The number of hydrogen-bond acceptors (Lipinski definition) is 3. The Hall–Kier alpha value is 0.0300. The van der Waals surface area contributed by atoms with Gasteiger partial charge >= 0.3 is 0 Å². The minimum atomic E-state index is -1.77. The Balaban J connectivity index is 2.19. The third-order valence-corrected chi connectivity index (χ3v) is 1.87. The van der Waals surface area contributed by atoms with Crippen molar-refractivity contribution in [3.63, 3.8) is 0 Å². The summed E-state index contributed by atoms with van der Waals surface area (Å²) in [6.07, 6.45) is -0.195. The first-order chi connectivity index (χ1) is 4.79. The molecule has 5 heteroatoms. The van der Waals surface area contributed by atoms with Crippen molar-refractivity contribution in [2.45, 2.75) is 6.10 Å². The van der Waals surface area contributed by atoms with Crippen LogP contribution in [0.4, 0.5) is 0 Å². The van der Waals surface area contributed by atoms with Gasteiger partial charge in [-0.05, 0) is 0 Å². The molecule has 1 aliphatic rings. The maximum atomic E-state index is 10.2. The van der Waals surface area contributed by atoms with Crippen molar-refractivity contribution < 1.29 is 18.2 Å². The summed E-state index contributed by atoms with van der Waals surface area (Å²) in [6.45, 7) is 1.56. The molecule has 0 radical (unpaired) electrons. The minimum absolute atomic E-state index is 0.153. The Morgan fingerprint density at radius 3 is 2.90 bits per heavy atom. The van der Waals surface area contributed by atoms with E-state index >= 15 is 0 Å². The fourth-order valence-electron chi connectivity index (χ4n) is 0.792. The second kappa shape index (κ2) is 4.02. The lowest BCUT2D eigenvalue weighted by molar-refractivity contribution is -0.0782. The summed E-state index contributed by atoms with van der Waals surface area (Å²) in [7, 11) is 0. The van der Waals surface area contributed by atoms with Crippen LogP contribution in [-0.2, 0) is 20.6 Å². The standard InChI is InChI=1S/C5H10O4S/c6-10(7)4-5-3-8-1-2-9-5/h5H,1-4H2,(H,6,7). The van der Waals surface area contributed by atoms with Crippen LogP contribution in [0.3, 0.4) is 0 Å². The van der Waals surface area contributed by atoms with E-state index in [0.29, 0.717) is 19.8 Å². The third-order valence-electron chi connectivity index (χ3n) is 1.21. The molecule has 1 rings (SSSR count). The van der Waals surface area contributed by atoms with Crippen molar-refractivity contribution >= 4 is 11.1 Å². The predicted octanol–water partition coefficient (Wildman–Crippen LogP) is -0.377. The molecule has 10 heavy (non-hydrogen) atoms. The highest BCUT2D eigenvalue weighted by atomic mass is 32.2. The van der Waals surface area contributed by atoms with Gasteiger partial charge in [-0.1, -0.05) is 0 Å². The van der Waals surface area contributed by atoms with E-state index in [9.17, 15) is 4.21 Å². The predicted molar refractivity (Wildman–Crippen MR) is 36.2 cm³/mol. The summed E-state index contributed by atoms with van der Waals surface area (Å²) in [5, 5.41) is 0. The van der Waals surface area contributed by atoms with Crippen molar-refractivity contribution in [2.24, 2.45) is 0 Å². The number of ether oxygens (including phenoxy) is 2. The molecular weight excluding hydrogens is 156 g/mol. The molecular formula is C5H10O4S. The number of rotatable bonds is 2. The van der Waals surface area contributed by atoms with Gasteiger partial charge < -0.3 is 14.0 Å². The maximum Gasteiger partial charge on any atom is 0.155 e.